The van der Waals surface area contributed by atoms with Crippen molar-refractivity contribution in [2.24, 2.45) is 17.3 Å². The Morgan fingerprint density at radius 3 is 2.53 bits per heavy atom. The Labute approximate surface area is 106 Å². The van der Waals surface area contributed by atoms with Gasteiger partial charge >= 0.3 is 0 Å². The van der Waals surface area contributed by atoms with Crippen LogP contribution in [0, 0.1) is 17.3 Å². The van der Waals surface area contributed by atoms with Gasteiger partial charge in [-0.05, 0) is 37.1 Å². The van der Waals surface area contributed by atoms with Crippen molar-refractivity contribution in [3.63, 3.8) is 0 Å². The predicted octanol–water partition coefficient (Wildman–Crippen LogP) is 2.23. The molecule has 2 nitrogen and oxygen atoms in total. The number of rotatable bonds is 2. The van der Waals surface area contributed by atoms with E-state index in [9.17, 15) is 0 Å². The minimum absolute atomic E-state index is 0.594. The van der Waals surface area contributed by atoms with Crippen LogP contribution in [0.15, 0.2) is 11.6 Å². The van der Waals surface area contributed by atoms with Crippen molar-refractivity contribution in [3.8, 4) is 0 Å². The second-order valence-electron chi connectivity index (χ2n) is 6.90. The summed E-state index contributed by atoms with van der Waals surface area (Å²) < 4.78 is 0. The Kier molecular flexibility index (Phi) is 2.83. The maximum absolute atomic E-state index is 2.65. The Balaban J connectivity index is 1.61. The molecule has 1 saturated carbocycles. The van der Waals surface area contributed by atoms with E-state index < -0.39 is 0 Å². The second kappa shape index (κ2) is 4.10. The van der Waals surface area contributed by atoms with Gasteiger partial charge in [0.2, 0.25) is 0 Å². The molecule has 2 fully saturated rings. The molecule has 3 aliphatic carbocycles. The fraction of sp³-hybridized carbons (Fsp3) is 0.867. The number of nitrogens with zero attached hydrogens (tertiary/aromatic N) is 2. The quantitative estimate of drug-likeness (QED) is 0.676. The van der Waals surface area contributed by atoms with Gasteiger partial charge in [-0.3, -0.25) is 4.90 Å². The van der Waals surface area contributed by atoms with E-state index in [-0.39, 0.29) is 0 Å². The molecule has 2 heteroatoms. The summed E-state index contributed by atoms with van der Waals surface area (Å²) in [6, 6.07) is 0. The molecule has 2 atom stereocenters. The molecule has 0 unspecified atom stereocenters. The maximum atomic E-state index is 2.65. The van der Waals surface area contributed by atoms with E-state index in [1.807, 2.05) is 0 Å². The number of hydrogen-bond donors (Lipinski definition) is 0. The normalized spacial score (nSPS) is 37.5. The van der Waals surface area contributed by atoms with Crippen molar-refractivity contribution in [1.29, 1.82) is 0 Å². The first-order valence-electron chi connectivity index (χ1n) is 7.17. The summed E-state index contributed by atoms with van der Waals surface area (Å²) in [4.78, 5) is 5.09. The van der Waals surface area contributed by atoms with Gasteiger partial charge < -0.3 is 4.90 Å². The minimum atomic E-state index is 0.594. The number of fused-ring (bicyclic) bond motifs is 1. The van der Waals surface area contributed by atoms with Gasteiger partial charge in [0.15, 0.2) is 0 Å². The largest absolute Gasteiger partial charge is 0.304 e. The molecular formula is C15H26N2. The maximum Gasteiger partial charge on any atom is 0.0196 e. The first-order valence-corrected chi connectivity index (χ1v) is 7.17. The summed E-state index contributed by atoms with van der Waals surface area (Å²) in [5, 5.41) is 0. The van der Waals surface area contributed by atoms with Crippen LogP contribution >= 0.6 is 0 Å². The molecule has 1 saturated heterocycles. The minimum Gasteiger partial charge on any atom is -0.304 e. The van der Waals surface area contributed by atoms with Crippen molar-refractivity contribution in [3.05, 3.63) is 11.6 Å². The summed E-state index contributed by atoms with van der Waals surface area (Å²) in [7, 11) is 2.23. The molecule has 1 aliphatic heterocycles. The fourth-order valence-corrected chi connectivity index (χ4v) is 3.92. The molecule has 17 heavy (non-hydrogen) atoms. The van der Waals surface area contributed by atoms with E-state index in [0.29, 0.717) is 5.41 Å². The zero-order chi connectivity index (χ0) is 12.0. The number of allylic oxidation sites excluding steroid dienone is 1. The van der Waals surface area contributed by atoms with Crippen molar-refractivity contribution in [2.45, 2.75) is 26.7 Å². The lowest BCUT2D eigenvalue weighted by atomic mass is 9.49. The molecule has 4 aliphatic rings. The number of hydrogen-bond acceptors (Lipinski definition) is 2. The molecule has 0 amide bonds. The van der Waals surface area contributed by atoms with Crippen LogP contribution in [0.1, 0.15) is 26.7 Å². The monoisotopic (exact) mass is 234 g/mol. The average molecular weight is 234 g/mol. The molecule has 1 heterocycles. The van der Waals surface area contributed by atoms with E-state index in [1.165, 1.54) is 45.6 Å². The standard InChI is InChI=1S/C15H26N2/c1-15(2)13-5-4-12(14(15)10-13)11-17-8-6-16(3)7-9-17/h4,13-14H,5-11H2,1-3H3/t13-,14-/m0/s1. The van der Waals surface area contributed by atoms with Gasteiger partial charge in [0.05, 0.1) is 0 Å². The smallest absolute Gasteiger partial charge is 0.0196 e. The van der Waals surface area contributed by atoms with Crippen LogP contribution in [0.5, 0.6) is 0 Å². The highest BCUT2D eigenvalue weighted by Gasteiger charge is 2.51. The second-order valence-corrected chi connectivity index (χ2v) is 6.90. The Hall–Kier alpha value is -0.340. The highest BCUT2D eigenvalue weighted by molar-refractivity contribution is 5.24. The van der Waals surface area contributed by atoms with Crippen LogP contribution in [0.2, 0.25) is 0 Å². The van der Waals surface area contributed by atoms with Gasteiger partial charge in [-0.15, -0.1) is 0 Å². The molecule has 2 bridgehead atoms. The Morgan fingerprint density at radius 2 is 1.94 bits per heavy atom. The van der Waals surface area contributed by atoms with Crippen molar-refractivity contribution in [1.82, 2.24) is 9.80 Å². The zero-order valence-corrected chi connectivity index (χ0v) is 11.6. The van der Waals surface area contributed by atoms with Gasteiger partial charge in [-0.25, -0.2) is 0 Å². The molecule has 0 N–H and O–H groups in total. The summed E-state index contributed by atoms with van der Waals surface area (Å²) in [5.74, 6) is 1.87. The molecule has 0 radical (unpaired) electrons. The summed E-state index contributed by atoms with van der Waals surface area (Å²) in [5.41, 5.74) is 2.35. The van der Waals surface area contributed by atoms with Crippen LogP contribution in [0.3, 0.4) is 0 Å². The highest BCUT2D eigenvalue weighted by Crippen LogP contribution is 2.59. The van der Waals surface area contributed by atoms with E-state index in [2.05, 4.69) is 36.8 Å². The lowest BCUT2D eigenvalue weighted by Gasteiger charge is -2.57. The summed E-state index contributed by atoms with van der Waals surface area (Å²) >= 11 is 0. The van der Waals surface area contributed by atoms with E-state index >= 15 is 0 Å². The van der Waals surface area contributed by atoms with Crippen LogP contribution < -0.4 is 0 Å². The number of likely N-dealkylation sites (N-methyl/N-ethyl adjacent to an activating group) is 1. The topological polar surface area (TPSA) is 6.48 Å². The van der Waals surface area contributed by atoms with Gasteiger partial charge in [-0.2, -0.15) is 0 Å². The fourth-order valence-electron chi connectivity index (χ4n) is 3.92. The van der Waals surface area contributed by atoms with Gasteiger partial charge in [0, 0.05) is 32.7 Å². The molecule has 4 rings (SSSR count). The van der Waals surface area contributed by atoms with E-state index in [4.69, 9.17) is 0 Å². The third kappa shape index (κ3) is 1.96. The van der Waals surface area contributed by atoms with E-state index in [1.54, 1.807) is 5.57 Å². The molecule has 96 valence electrons. The van der Waals surface area contributed by atoms with Crippen molar-refractivity contribution < 1.29 is 0 Å². The lowest BCUT2D eigenvalue weighted by molar-refractivity contribution is -0.0118. The van der Waals surface area contributed by atoms with Crippen LogP contribution in [0.4, 0.5) is 0 Å². The predicted molar refractivity (Wildman–Crippen MR) is 72.0 cm³/mol. The summed E-state index contributed by atoms with van der Waals surface area (Å²) in [6.07, 6.45) is 5.36. The van der Waals surface area contributed by atoms with Gasteiger partial charge in [0.1, 0.15) is 0 Å². The van der Waals surface area contributed by atoms with Crippen LogP contribution in [-0.4, -0.2) is 49.6 Å². The highest BCUT2D eigenvalue weighted by atomic mass is 15.2. The third-order valence-corrected chi connectivity index (χ3v) is 5.58. The first kappa shape index (κ1) is 11.7. The summed E-state index contributed by atoms with van der Waals surface area (Å²) in [6.45, 7) is 11.2. The average Bonchev–Trinajstić information content (AvgIpc) is 2.32. The molecule has 0 aromatic rings. The van der Waals surface area contributed by atoms with Gasteiger partial charge in [-0.1, -0.05) is 25.5 Å². The van der Waals surface area contributed by atoms with Crippen LogP contribution in [-0.2, 0) is 0 Å². The Bertz CT molecular complexity index is 324. The third-order valence-electron chi connectivity index (χ3n) is 5.58. The molecular weight excluding hydrogens is 208 g/mol. The van der Waals surface area contributed by atoms with Gasteiger partial charge in [0.25, 0.3) is 0 Å². The molecule has 0 aromatic heterocycles. The lowest BCUT2D eigenvalue weighted by Crippen LogP contribution is -2.51. The Morgan fingerprint density at radius 1 is 1.24 bits per heavy atom. The molecule has 0 aromatic carbocycles. The van der Waals surface area contributed by atoms with Crippen molar-refractivity contribution >= 4 is 0 Å². The SMILES string of the molecule is CN1CCN(CC2=CC[C@H]3C[C@@H]2C3(C)C)CC1. The van der Waals surface area contributed by atoms with Crippen LogP contribution in [0.25, 0.3) is 0 Å². The zero-order valence-electron chi connectivity index (χ0n) is 11.6. The first-order chi connectivity index (χ1) is 8.07. The van der Waals surface area contributed by atoms with Crippen molar-refractivity contribution in [2.75, 3.05) is 39.8 Å². The molecule has 0 spiro atoms. The number of piperazine rings is 1. The van der Waals surface area contributed by atoms with E-state index in [0.717, 1.165) is 11.8 Å².